The molecule has 11 heteroatoms. The van der Waals surface area contributed by atoms with Gasteiger partial charge in [0, 0.05) is 19.3 Å². The van der Waals surface area contributed by atoms with Gasteiger partial charge in [-0.05, 0) is 19.1 Å². The van der Waals surface area contributed by atoms with E-state index in [1.165, 1.54) is 11.8 Å². The number of sulfone groups is 1. The lowest BCUT2D eigenvalue weighted by Crippen LogP contribution is -2.52. The maximum absolute atomic E-state index is 12.0. The van der Waals surface area contributed by atoms with Crippen LogP contribution in [0.2, 0.25) is 0 Å². The van der Waals surface area contributed by atoms with Crippen molar-refractivity contribution in [3.05, 3.63) is 0 Å². The normalized spacial score (nSPS) is 21.8. The lowest BCUT2D eigenvalue weighted by Gasteiger charge is -2.38. The Morgan fingerprint density at radius 3 is 2.20 bits per heavy atom. The van der Waals surface area contributed by atoms with Crippen LogP contribution in [0, 0.1) is 0 Å². The highest BCUT2D eigenvalue weighted by Crippen LogP contribution is 2.35. The van der Waals surface area contributed by atoms with Crippen molar-refractivity contribution in [1.29, 1.82) is 0 Å². The topological polar surface area (TPSA) is 130 Å². The van der Waals surface area contributed by atoms with Crippen LogP contribution in [0.1, 0.15) is 12.8 Å². The number of hydrogen-bond acceptors (Lipinski definition) is 7. The summed E-state index contributed by atoms with van der Waals surface area (Å²) in [7, 11) is -7.45. The Kier molecular flexibility index (Phi) is 5.33. The molecule has 0 saturated carbocycles. The Morgan fingerprint density at radius 2 is 1.85 bits per heavy atom. The van der Waals surface area contributed by atoms with Gasteiger partial charge in [0.05, 0.1) is 4.75 Å². The summed E-state index contributed by atoms with van der Waals surface area (Å²) in [6, 6.07) is 0. The van der Waals surface area contributed by atoms with E-state index in [-0.39, 0.29) is 18.9 Å². The lowest BCUT2D eigenvalue weighted by molar-refractivity contribution is 0.301. The van der Waals surface area contributed by atoms with Gasteiger partial charge in [-0.1, -0.05) is 5.16 Å². The maximum atomic E-state index is 12.0. The minimum atomic E-state index is -3.84. The van der Waals surface area contributed by atoms with Crippen LogP contribution in [0.25, 0.3) is 0 Å². The summed E-state index contributed by atoms with van der Waals surface area (Å²) in [5.41, 5.74) is 5.66. The van der Waals surface area contributed by atoms with E-state index < -0.39 is 29.7 Å². The zero-order valence-electron chi connectivity index (χ0n) is 11.3. The van der Waals surface area contributed by atoms with E-state index in [1.54, 1.807) is 6.26 Å². The Morgan fingerprint density at radius 1 is 1.35 bits per heavy atom. The van der Waals surface area contributed by atoms with Gasteiger partial charge in [-0.25, -0.2) is 21.1 Å². The molecule has 0 bridgehead atoms. The molecule has 118 valence electrons. The van der Waals surface area contributed by atoms with E-state index in [2.05, 4.69) is 5.16 Å². The number of nitrogens with two attached hydrogens (primary N) is 1. The Bertz CT molecular complexity index is 576. The van der Waals surface area contributed by atoms with E-state index in [1.807, 2.05) is 0 Å². The molecule has 8 nitrogen and oxygen atoms in total. The third-order valence-electron chi connectivity index (χ3n) is 3.25. The van der Waals surface area contributed by atoms with Crippen LogP contribution in [-0.2, 0) is 19.9 Å². The first-order valence-electron chi connectivity index (χ1n) is 5.75. The Labute approximate surface area is 123 Å². The Balaban J connectivity index is 2.85. The molecule has 1 saturated heterocycles. The highest BCUT2D eigenvalue weighted by molar-refractivity contribution is 8.06. The van der Waals surface area contributed by atoms with Gasteiger partial charge in [-0.3, -0.25) is 0 Å². The average Bonchev–Trinajstić information content (AvgIpc) is 2.35. The quantitative estimate of drug-likeness (QED) is 0.290. The van der Waals surface area contributed by atoms with Crippen LogP contribution in [0.3, 0.4) is 0 Å². The number of amidine groups is 1. The van der Waals surface area contributed by atoms with Gasteiger partial charge in [0.2, 0.25) is 10.0 Å². The highest BCUT2D eigenvalue weighted by atomic mass is 32.3. The first kappa shape index (κ1) is 17.5. The summed E-state index contributed by atoms with van der Waals surface area (Å²) in [6.07, 6.45) is 3.43. The fraction of sp³-hybridized carbons (Fsp3) is 0.889. The van der Waals surface area contributed by atoms with Gasteiger partial charge in [-0.2, -0.15) is 11.8 Å². The lowest BCUT2D eigenvalue weighted by atomic mass is 9.96. The van der Waals surface area contributed by atoms with Crippen molar-refractivity contribution in [3.63, 3.8) is 0 Å². The average molecular weight is 345 g/mol. The second-order valence-electron chi connectivity index (χ2n) is 4.74. The fourth-order valence-electron chi connectivity index (χ4n) is 2.13. The molecule has 1 aliphatic rings. The van der Waals surface area contributed by atoms with E-state index in [9.17, 15) is 16.8 Å². The third kappa shape index (κ3) is 3.99. The molecule has 0 unspecified atom stereocenters. The van der Waals surface area contributed by atoms with Crippen molar-refractivity contribution in [1.82, 2.24) is 4.31 Å². The van der Waals surface area contributed by atoms with E-state index in [4.69, 9.17) is 10.9 Å². The van der Waals surface area contributed by atoms with Crippen molar-refractivity contribution in [2.24, 2.45) is 10.9 Å². The molecular weight excluding hydrogens is 326 g/mol. The van der Waals surface area contributed by atoms with Crippen LogP contribution in [0.5, 0.6) is 0 Å². The number of thioether (sulfide) groups is 1. The second kappa shape index (κ2) is 6.08. The first-order valence-corrected chi connectivity index (χ1v) is 10.6. The molecule has 0 aromatic heterocycles. The van der Waals surface area contributed by atoms with E-state index in [0.29, 0.717) is 12.8 Å². The van der Waals surface area contributed by atoms with Gasteiger partial charge in [0.25, 0.3) is 0 Å². The number of rotatable bonds is 5. The molecule has 3 N–H and O–H groups in total. The third-order valence-corrected chi connectivity index (χ3v) is 8.71. The molecule has 0 aliphatic carbocycles. The van der Waals surface area contributed by atoms with Gasteiger partial charge in [-0.15, -0.1) is 0 Å². The molecule has 0 atom stereocenters. The van der Waals surface area contributed by atoms with Crippen LogP contribution in [0.15, 0.2) is 5.16 Å². The smallest absolute Gasteiger partial charge is 0.228 e. The predicted octanol–water partition coefficient (Wildman–Crippen LogP) is -0.738. The van der Waals surface area contributed by atoms with E-state index >= 15 is 0 Å². The molecule has 0 radical (unpaired) electrons. The molecule has 0 aromatic rings. The van der Waals surface area contributed by atoms with Crippen molar-refractivity contribution in [2.75, 3.05) is 30.7 Å². The van der Waals surface area contributed by atoms with Crippen LogP contribution < -0.4 is 5.73 Å². The summed E-state index contributed by atoms with van der Waals surface area (Å²) in [5.74, 6) is 0.0603. The predicted molar refractivity (Wildman–Crippen MR) is 79.1 cm³/mol. The van der Waals surface area contributed by atoms with Crippen LogP contribution in [0.4, 0.5) is 0 Å². The van der Waals surface area contributed by atoms with E-state index in [0.717, 1.165) is 10.6 Å². The minimum Gasteiger partial charge on any atom is -0.409 e. The largest absolute Gasteiger partial charge is 0.409 e. The fourth-order valence-corrected chi connectivity index (χ4v) is 6.47. The summed E-state index contributed by atoms with van der Waals surface area (Å²) < 4.78 is 46.8. The Hall–Kier alpha value is -0.520. The summed E-state index contributed by atoms with van der Waals surface area (Å²) in [6.45, 7) is 0.295. The second-order valence-corrected chi connectivity index (χ2v) is 10.4. The van der Waals surface area contributed by atoms with Crippen molar-refractivity contribution in [3.8, 4) is 0 Å². The molecule has 0 amide bonds. The highest BCUT2D eigenvalue weighted by Gasteiger charge is 2.41. The molecule has 0 spiro atoms. The first-order chi connectivity index (χ1) is 9.06. The molecule has 1 fully saturated rings. The zero-order valence-corrected chi connectivity index (χ0v) is 13.8. The minimum absolute atomic E-state index is 0.0603. The molecule has 1 rings (SSSR count). The number of nitrogens with zero attached hydrogens (tertiary/aromatic N) is 2. The van der Waals surface area contributed by atoms with Gasteiger partial charge >= 0.3 is 0 Å². The maximum Gasteiger partial charge on any atom is 0.228 e. The summed E-state index contributed by atoms with van der Waals surface area (Å²) in [4.78, 5) is 0. The molecule has 20 heavy (non-hydrogen) atoms. The van der Waals surface area contributed by atoms with Crippen molar-refractivity contribution >= 4 is 37.5 Å². The van der Waals surface area contributed by atoms with Gasteiger partial charge < -0.3 is 10.9 Å². The number of hydrogen-bond donors (Lipinski definition) is 2. The number of sulfonamides is 1. The molecular formula is C9H19N3O5S3. The monoisotopic (exact) mass is 345 g/mol. The SMILES string of the molecule is CSC1(C(N)=NO)CCN(S(=O)(=O)CS(C)(=O)=O)CC1. The van der Waals surface area contributed by atoms with Crippen molar-refractivity contribution < 1.29 is 22.0 Å². The molecule has 1 aliphatic heterocycles. The molecule has 1 heterocycles. The van der Waals surface area contributed by atoms with Gasteiger partial charge in [0.15, 0.2) is 20.8 Å². The molecule has 0 aromatic carbocycles. The van der Waals surface area contributed by atoms with Crippen LogP contribution in [-0.4, -0.2) is 67.6 Å². The van der Waals surface area contributed by atoms with Gasteiger partial charge in [0.1, 0.15) is 0 Å². The van der Waals surface area contributed by atoms with Crippen molar-refractivity contribution in [2.45, 2.75) is 17.6 Å². The summed E-state index contributed by atoms with van der Waals surface area (Å²) in [5, 5.41) is 10.9. The number of piperidine rings is 1. The zero-order chi connectivity index (χ0) is 15.6. The number of oxime groups is 1. The standard InChI is InChI=1S/C9H19N3O5S3/c1-18-9(8(10)11-13)3-5-12(6-4-9)20(16,17)7-19(2,14)15/h13H,3-7H2,1-2H3,(H2,10,11). The summed E-state index contributed by atoms with van der Waals surface area (Å²) >= 11 is 1.40. The van der Waals surface area contributed by atoms with Crippen LogP contribution >= 0.6 is 11.8 Å².